The molecule has 1 aliphatic heterocycles. The lowest BCUT2D eigenvalue weighted by molar-refractivity contribution is -0.274. The number of urea groups is 2. The molecule has 1 aliphatic rings. The highest BCUT2D eigenvalue weighted by Gasteiger charge is 2.45. The van der Waals surface area contributed by atoms with Crippen LogP contribution in [-0.2, 0) is 5.41 Å². The number of amides is 4. The van der Waals surface area contributed by atoms with Gasteiger partial charge in [0.1, 0.15) is 5.75 Å². The molecule has 1 unspecified atom stereocenters. The SMILES string of the molecule is CN(C)C(=O)N(C(=O)N1CC(C)(c2ccccc2)C(c2ccc(Cl)cc2)=N1)c1ccc(OC(F)(F)F)cc1. The van der Waals surface area contributed by atoms with Crippen molar-refractivity contribution in [3.63, 3.8) is 0 Å². The number of carbonyl (C=O) groups is 2. The van der Waals surface area contributed by atoms with Crippen LogP contribution >= 0.6 is 11.6 Å². The number of anilines is 1. The summed E-state index contributed by atoms with van der Waals surface area (Å²) in [6.45, 7) is 2.06. The zero-order valence-corrected chi connectivity index (χ0v) is 21.5. The van der Waals surface area contributed by atoms with Gasteiger partial charge in [-0.1, -0.05) is 54.1 Å². The van der Waals surface area contributed by atoms with Crippen LogP contribution in [0.5, 0.6) is 5.75 Å². The first-order valence-corrected chi connectivity index (χ1v) is 11.9. The van der Waals surface area contributed by atoms with Gasteiger partial charge in [0, 0.05) is 19.1 Å². The van der Waals surface area contributed by atoms with Crippen molar-refractivity contribution in [2.24, 2.45) is 5.10 Å². The van der Waals surface area contributed by atoms with Crippen LogP contribution in [0.4, 0.5) is 28.4 Å². The maximum absolute atomic E-state index is 13.8. The standard InChI is InChI=1S/C27H24ClF3N4O3/c1-26(19-7-5-4-6-8-19)17-34(32-23(26)18-9-11-20(28)12-10-18)25(37)35(24(36)33(2)3)21-13-15-22(16-14-21)38-27(29,30)31/h4-16H,17H2,1-3H3. The molecule has 4 amide bonds. The summed E-state index contributed by atoms with van der Waals surface area (Å²) in [5.74, 6) is -0.480. The molecule has 0 saturated heterocycles. The van der Waals surface area contributed by atoms with Crippen LogP contribution in [0.25, 0.3) is 0 Å². The summed E-state index contributed by atoms with van der Waals surface area (Å²) in [7, 11) is 2.93. The van der Waals surface area contributed by atoms with Crippen LogP contribution in [0.1, 0.15) is 18.1 Å². The number of benzene rings is 3. The van der Waals surface area contributed by atoms with Crippen molar-refractivity contribution in [2.75, 3.05) is 25.5 Å². The summed E-state index contributed by atoms with van der Waals surface area (Å²) >= 11 is 6.08. The third-order valence-corrected chi connectivity index (χ3v) is 6.30. The van der Waals surface area contributed by atoms with E-state index in [0.29, 0.717) is 10.7 Å². The lowest BCUT2D eigenvalue weighted by Crippen LogP contribution is -2.49. The normalized spacial score (nSPS) is 17.1. The van der Waals surface area contributed by atoms with Crippen LogP contribution in [0.3, 0.4) is 0 Å². The average molecular weight is 545 g/mol. The van der Waals surface area contributed by atoms with Gasteiger partial charge in [0.25, 0.3) is 0 Å². The number of rotatable bonds is 4. The molecule has 0 aromatic heterocycles. The molecule has 0 bridgehead atoms. The molecule has 1 atom stereocenters. The van der Waals surface area contributed by atoms with Gasteiger partial charge in [0.15, 0.2) is 0 Å². The number of ether oxygens (including phenoxy) is 1. The van der Waals surface area contributed by atoms with E-state index in [1.54, 1.807) is 24.3 Å². The van der Waals surface area contributed by atoms with Crippen molar-refractivity contribution < 1.29 is 27.5 Å². The second-order valence-electron chi connectivity index (χ2n) is 9.05. The molecule has 0 spiro atoms. The van der Waals surface area contributed by atoms with Crippen LogP contribution < -0.4 is 9.64 Å². The van der Waals surface area contributed by atoms with Gasteiger partial charge in [-0.05, 0) is 54.4 Å². The molecular formula is C27H24ClF3N4O3. The van der Waals surface area contributed by atoms with Crippen LogP contribution in [0.2, 0.25) is 5.02 Å². The van der Waals surface area contributed by atoms with Gasteiger partial charge in [-0.3, -0.25) is 0 Å². The molecule has 198 valence electrons. The third-order valence-electron chi connectivity index (χ3n) is 6.05. The Bertz CT molecular complexity index is 1350. The Morgan fingerprint density at radius 3 is 2.13 bits per heavy atom. The molecule has 3 aromatic rings. The molecule has 4 rings (SSSR count). The number of carbonyl (C=O) groups excluding carboxylic acids is 2. The van der Waals surface area contributed by atoms with Crippen molar-refractivity contribution in [1.82, 2.24) is 9.91 Å². The van der Waals surface area contributed by atoms with Gasteiger partial charge in [0.2, 0.25) is 0 Å². The largest absolute Gasteiger partial charge is 0.573 e. The van der Waals surface area contributed by atoms with Crippen molar-refractivity contribution in [1.29, 1.82) is 0 Å². The first-order chi connectivity index (χ1) is 17.9. The number of alkyl halides is 3. The maximum Gasteiger partial charge on any atom is 0.573 e. The molecule has 0 N–H and O–H groups in total. The maximum atomic E-state index is 13.8. The van der Waals surface area contributed by atoms with Gasteiger partial charge in [-0.25, -0.2) is 19.5 Å². The fourth-order valence-electron chi connectivity index (χ4n) is 4.18. The number of imide groups is 1. The van der Waals surface area contributed by atoms with E-state index in [1.165, 1.54) is 36.1 Å². The van der Waals surface area contributed by atoms with E-state index in [4.69, 9.17) is 11.6 Å². The summed E-state index contributed by atoms with van der Waals surface area (Å²) in [5.41, 5.74) is 1.57. The van der Waals surface area contributed by atoms with Gasteiger partial charge < -0.3 is 9.64 Å². The summed E-state index contributed by atoms with van der Waals surface area (Å²) < 4.78 is 41.7. The Morgan fingerprint density at radius 1 is 0.974 bits per heavy atom. The van der Waals surface area contributed by atoms with E-state index in [1.807, 2.05) is 37.3 Å². The topological polar surface area (TPSA) is 65.5 Å². The molecule has 38 heavy (non-hydrogen) atoms. The third kappa shape index (κ3) is 5.60. The summed E-state index contributed by atoms with van der Waals surface area (Å²) in [6.07, 6.45) is -4.87. The first-order valence-electron chi connectivity index (χ1n) is 11.5. The van der Waals surface area contributed by atoms with E-state index in [0.717, 1.165) is 28.2 Å². The minimum atomic E-state index is -4.87. The fourth-order valence-corrected chi connectivity index (χ4v) is 4.31. The van der Waals surface area contributed by atoms with Gasteiger partial charge in [-0.2, -0.15) is 5.10 Å². The Balaban J connectivity index is 1.74. The molecular weight excluding hydrogens is 521 g/mol. The molecule has 3 aromatic carbocycles. The Labute approximate surface area is 222 Å². The minimum Gasteiger partial charge on any atom is -0.406 e. The zero-order valence-electron chi connectivity index (χ0n) is 20.7. The van der Waals surface area contributed by atoms with Crippen molar-refractivity contribution >= 4 is 35.1 Å². The number of halogens is 4. The van der Waals surface area contributed by atoms with Gasteiger partial charge in [-0.15, -0.1) is 13.2 Å². The Hall–Kier alpha value is -4.05. The average Bonchev–Trinajstić information content (AvgIpc) is 3.24. The second-order valence-corrected chi connectivity index (χ2v) is 9.48. The van der Waals surface area contributed by atoms with Crippen molar-refractivity contribution in [3.05, 3.63) is 95.0 Å². The van der Waals surface area contributed by atoms with Crippen LogP contribution in [-0.4, -0.2) is 54.7 Å². The van der Waals surface area contributed by atoms with Gasteiger partial charge >= 0.3 is 18.4 Å². The zero-order chi connectivity index (χ0) is 27.7. The summed E-state index contributed by atoms with van der Waals surface area (Å²) in [4.78, 5) is 29.0. The second kappa shape index (κ2) is 10.4. The molecule has 0 fully saturated rings. The molecule has 7 nitrogen and oxygen atoms in total. The predicted octanol–water partition coefficient (Wildman–Crippen LogP) is 6.52. The van der Waals surface area contributed by atoms with E-state index in [9.17, 15) is 22.8 Å². The quantitative estimate of drug-likeness (QED) is 0.375. The number of hydrogen-bond acceptors (Lipinski definition) is 4. The predicted molar refractivity (Wildman–Crippen MR) is 139 cm³/mol. The molecule has 0 saturated carbocycles. The van der Waals surface area contributed by atoms with Crippen LogP contribution in [0.15, 0.2) is 84.0 Å². The Kier molecular flexibility index (Phi) is 7.37. The van der Waals surface area contributed by atoms with Crippen LogP contribution in [0, 0.1) is 0 Å². The highest BCUT2D eigenvalue weighted by Crippen LogP contribution is 2.36. The van der Waals surface area contributed by atoms with Gasteiger partial charge in [0.05, 0.1) is 23.4 Å². The van der Waals surface area contributed by atoms with E-state index >= 15 is 0 Å². The highest BCUT2D eigenvalue weighted by molar-refractivity contribution is 6.30. The molecule has 0 aliphatic carbocycles. The fraction of sp³-hybridized carbons (Fsp3) is 0.222. The lowest BCUT2D eigenvalue weighted by atomic mass is 9.76. The monoisotopic (exact) mass is 544 g/mol. The van der Waals surface area contributed by atoms with E-state index < -0.39 is 29.6 Å². The number of hydrogen-bond donors (Lipinski definition) is 0. The lowest BCUT2D eigenvalue weighted by Gasteiger charge is -2.30. The molecule has 0 radical (unpaired) electrons. The van der Waals surface area contributed by atoms with Crippen molar-refractivity contribution in [2.45, 2.75) is 18.7 Å². The smallest absolute Gasteiger partial charge is 0.406 e. The van der Waals surface area contributed by atoms with Crippen molar-refractivity contribution in [3.8, 4) is 5.75 Å². The Morgan fingerprint density at radius 2 is 1.58 bits per heavy atom. The van der Waals surface area contributed by atoms with E-state index in [2.05, 4.69) is 9.84 Å². The molecule has 11 heteroatoms. The number of nitrogens with zero attached hydrogens (tertiary/aromatic N) is 4. The minimum absolute atomic E-state index is 0.0554. The highest BCUT2D eigenvalue weighted by atomic mass is 35.5. The first kappa shape index (κ1) is 27.0. The summed E-state index contributed by atoms with van der Waals surface area (Å²) in [6, 6.07) is 19.6. The number of hydrazone groups is 1. The van der Waals surface area contributed by atoms with E-state index in [-0.39, 0.29) is 12.2 Å². The molecule has 1 heterocycles. The summed E-state index contributed by atoms with van der Waals surface area (Å²) in [5, 5.41) is 6.38.